The Morgan fingerprint density at radius 1 is 1.17 bits per heavy atom. The minimum Gasteiger partial charge on any atom is -0.508 e. The average molecular weight is 419 g/mol. The fourth-order valence-corrected chi connectivity index (χ4v) is 4.90. The molecular formula is C22H30FN3O4. The maximum absolute atomic E-state index is 14.0. The van der Waals surface area contributed by atoms with Gasteiger partial charge in [0.1, 0.15) is 18.2 Å². The van der Waals surface area contributed by atoms with Gasteiger partial charge in [-0.2, -0.15) is 0 Å². The number of hydrogen-bond acceptors (Lipinski definition) is 4. The molecule has 4 rings (SSSR count). The van der Waals surface area contributed by atoms with E-state index in [2.05, 4.69) is 5.32 Å². The second kappa shape index (κ2) is 9.20. The highest BCUT2D eigenvalue weighted by Gasteiger charge is 2.37. The molecule has 3 aliphatic heterocycles. The van der Waals surface area contributed by atoms with Crippen molar-refractivity contribution in [2.75, 3.05) is 32.8 Å². The SMILES string of the molecule is O=C1COC2CCN(C(=O)N3CCCC(Cc4c(O)cccc4F)CCC3)CC2N1. The van der Waals surface area contributed by atoms with Crippen molar-refractivity contribution in [1.82, 2.24) is 15.1 Å². The molecule has 2 unspecified atom stereocenters. The van der Waals surface area contributed by atoms with Crippen LogP contribution in [0.4, 0.5) is 9.18 Å². The second-order valence-corrected chi connectivity index (χ2v) is 8.62. The lowest BCUT2D eigenvalue weighted by Gasteiger charge is -2.42. The van der Waals surface area contributed by atoms with Crippen LogP contribution in [0, 0.1) is 11.7 Å². The number of halogens is 1. The summed E-state index contributed by atoms with van der Waals surface area (Å²) < 4.78 is 19.6. The zero-order valence-electron chi connectivity index (χ0n) is 17.2. The lowest BCUT2D eigenvalue weighted by molar-refractivity contribution is -0.139. The summed E-state index contributed by atoms with van der Waals surface area (Å²) in [6.07, 6.45) is 4.75. The molecule has 2 atom stereocenters. The number of phenolic OH excluding ortho intramolecular Hbond substituents is 1. The van der Waals surface area contributed by atoms with Crippen LogP contribution in [0.3, 0.4) is 0 Å². The number of fused-ring (bicyclic) bond motifs is 1. The number of piperidine rings is 1. The van der Waals surface area contributed by atoms with Crippen molar-refractivity contribution < 1.29 is 23.8 Å². The summed E-state index contributed by atoms with van der Waals surface area (Å²) in [5.74, 6) is -0.147. The van der Waals surface area contributed by atoms with Crippen LogP contribution in [0.1, 0.15) is 37.7 Å². The van der Waals surface area contributed by atoms with Crippen LogP contribution < -0.4 is 5.32 Å². The first-order valence-electron chi connectivity index (χ1n) is 10.9. The van der Waals surface area contributed by atoms with Gasteiger partial charge in [0.25, 0.3) is 0 Å². The molecule has 7 nitrogen and oxygen atoms in total. The fourth-order valence-electron chi connectivity index (χ4n) is 4.90. The minimum absolute atomic E-state index is 0.00496. The molecule has 0 aliphatic carbocycles. The summed E-state index contributed by atoms with van der Waals surface area (Å²) in [4.78, 5) is 28.4. The van der Waals surface area contributed by atoms with Gasteiger partial charge in [-0.1, -0.05) is 6.07 Å². The highest BCUT2D eigenvalue weighted by atomic mass is 19.1. The number of nitrogens with zero attached hydrogens (tertiary/aromatic N) is 2. The summed E-state index contributed by atoms with van der Waals surface area (Å²) in [6.45, 7) is 2.58. The maximum Gasteiger partial charge on any atom is 0.320 e. The third kappa shape index (κ3) is 4.69. The number of rotatable bonds is 2. The van der Waals surface area contributed by atoms with E-state index in [-0.39, 0.29) is 42.3 Å². The number of likely N-dealkylation sites (tertiary alicyclic amines) is 2. The molecule has 0 saturated carbocycles. The number of aromatic hydroxyl groups is 1. The van der Waals surface area contributed by atoms with E-state index >= 15 is 0 Å². The molecule has 3 saturated heterocycles. The Morgan fingerprint density at radius 2 is 1.93 bits per heavy atom. The Labute approximate surface area is 176 Å². The first kappa shape index (κ1) is 20.9. The molecule has 2 N–H and O–H groups in total. The Morgan fingerprint density at radius 3 is 2.67 bits per heavy atom. The van der Waals surface area contributed by atoms with Crippen molar-refractivity contribution in [3.05, 3.63) is 29.6 Å². The summed E-state index contributed by atoms with van der Waals surface area (Å²) in [6, 6.07) is 4.34. The number of hydrogen-bond donors (Lipinski definition) is 2. The summed E-state index contributed by atoms with van der Waals surface area (Å²) in [7, 11) is 0. The van der Waals surface area contributed by atoms with Crippen molar-refractivity contribution in [3.63, 3.8) is 0 Å². The molecule has 8 heteroatoms. The van der Waals surface area contributed by atoms with Crippen LogP contribution in [-0.2, 0) is 16.0 Å². The first-order chi connectivity index (χ1) is 14.5. The number of carbonyl (C=O) groups excluding carboxylic acids is 2. The third-order valence-electron chi connectivity index (χ3n) is 6.53. The minimum atomic E-state index is -0.351. The average Bonchev–Trinajstić information content (AvgIpc) is 2.71. The van der Waals surface area contributed by atoms with Gasteiger partial charge in [-0.3, -0.25) is 4.79 Å². The lowest BCUT2D eigenvalue weighted by atomic mass is 9.89. The van der Waals surface area contributed by atoms with Crippen LogP contribution in [0.25, 0.3) is 0 Å². The quantitative estimate of drug-likeness (QED) is 0.771. The Balaban J connectivity index is 1.29. The topological polar surface area (TPSA) is 82.1 Å². The van der Waals surface area contributed by atoms with Gasteiger partial charge in [0.2, 0.25) is 5.91 Å². The van der Waals surface area contributed by atoms with Gasteiger partial charge in [-0.15, -0.1) is 0 Å². The van der Waals surface area contributed by atoms with Crippen LogP contribution in [0.2, 0.25) is 0 Å². The van der Waals surface area contributed by atoms with E-state index < -0.39 is 0 Å². The molecule has 3 amide bonds. The molecule has 30 heavy (non-hydrogen) atoms. The van der Waals surface area contributed by atoms with Gasteiger partial charge in [-0.05, 0) is 56.6 Å². The zero-order valence-corrected chi connectivity index (χ0v) is 17.2. The number of benzene rings is 1. The number of morpholine rings is 1. The lowest BCUT2D eigenvalue weighted by Crippen LogP contribution is -2.62. The highest BCUT2D eigenvalue weighted by molar-refractivity contribution is 5.79. The number of urea groups is 1. The van der Waals surface area contributed by atoms with Gasteiger partial charge in [0.05, 0.1) is 12.1 Å². The highest BCUT2D eigenvalue weighted by Crippen LogP contribution is 2.29. The molecule has 0 bridgehead atoms. The molecule has 0 spiro atoms. The number of amides is 3. The monoisotopic (exact) mass is 419 g/mol. The Bertz CT molecular complexity index is 759. The molecule has 1 aromatic carbocycles. The van der Waals surface area contributed by atoms with Gasteiger partial charge in [-0.25, -0.2) is 9.18 Å². The predicted octanol–water partition coefficient (Wildman–Crippen LogP) is 2.28. The van der Waals surface area contributed by atoms with E-state index in [1.54, 1.807) is 0 Å². The second-order valence-electron chi connectivity index (χ2n) is 8.62. The molecule has 0 radical (unpaired) electrons. The number of phenols is 1. The third-order valence-corrected chi connectivity index (χ3v) is 6.53. The van der Waals surface area contributed by atoms with E-state index in [9.17, 15) is 19.1 Å². The van der Waals surface area contributed by atoms with Crippen LogP contribution in [0.15, 0.2) is 18.2 Å². The fraction of sp³-hybridized carbons (Fsp3) is 0.636. The molecule has 3 aliphatic rings. The molecule has 0 aromatic heterocycles. The van der Waals surface area contributed by atoms with Crippen molar-refractivity contribution in [2.24, 2.45) is 5.92 Å². The van der Waals surface area contributed by atoms with E-state index in [0.717, 1.165) is 32.1 Å². The van der Waals surface area contributed by atoms with Gasteiger partial charge >= 0.3 is 6.03 Å². The molecule has 1 aromatic rings. The zero-order chi connectivity index (χ0) is 21.1. The van der Waals surface area contributed by atoms with Crippen LogP contribution >= 0.6 is 0 Å². The van der Waals surface area contributed by atoms with Gasteiger partial charge < -0.3 is 25.0 Å². The van der Waals surface area contributed by atoms with E-state index in [1.165, 1.54) is 18.2 Å². The van der Waals surface area contributed by atoms with Crippen molar-refractivity contribution in [1.29, 1.82) is 0 Å². The largest absolute Gasteiger partial charge is 0.508 e. The van der Waals surface area contributed by atoms with Crippen molar-refractivity contribution >= 4 is 11.9 Å². The van der Waals surface area contributed by atoms with Crippen LogP contribution in [-0.4, -0.2) is 71.8 Å². The van der Waals surface area contributed by atoms with Gasteiger partial charge in [0, 0.05) is 31.7 Å². The smallest absolute Gasteiger partial charge is 0.320 e. The van der Waals surface area contributed by atoms with E-state index in [1.807, 2.05) is 9.80 Å². The summed E-state index contributed by atoms with van der Waals surface area (Å²) in [5, 5.41) is 12.9. The van der Waals surface area contributed by atoms with Gasteiger partial charge in [0.15, 0.2) is 0 Å². The van der Waals surface area contributed by atoms with E-state index in [0.29, 0.717) is 44.1 Å². The van der Waals surface area contributed by atoms with Crippen molar-refractivity contribution in [3.8, 4) is 5.75 Å². The van der Waals surface area contributed by atoms with Crippen LogP contribution in [0.5, 0.6) is 5.75 Å². The molecule has 164 valence electrons. The van der Waals surface area contributed by atoms with Crippen molar-refractivity contribution in [2.45, 2.75) is 50.7 Å². The number of ether oxygens (including phenoxy) is 1. The Hall–Kier alpha value is -2.35. The predicted molar refractivity (Wildman–Crippen MR) is 109 cm³/mol. The van der Waals surface area contributed by atoms with E-state index in [4.69, 9.17) is 4.74 Å². The summed E-state index contributed by atoms with van der Waals surface area (Å²) >= 11 is 0. The summed E-state index contributed by atoms with van der Waals surface area (Å²) in [5.41, 5.74) is 0.399. The molecule has 3 fully saturated rings. The molecular weight excluding hydrogens is 389 g/mol. The number of nitrogens with one attached hydrogen (secondary N) is 1. The molecule has 3 heterocycles. The maximum atomic E-state index is 14.0. The first-order valence-corrected chi connectivity index (χ1v) is 10.9. The normalized spacial score (nSPS) is 25.8. The standard InChI is InChI=1S/C22H30FN3O4/c23-17-6-1-7-19(27)16(17)12-15-4-2-9-25(10-3-5-15)22(29)26-11-8-20-18(13-26)24-21(28)14-30-20/h1,6-7,15,18,20,27H,2-5,8-14H2,(H,24,28). The number of carbonyl (C=O) groups is 2. The Kier molecular flexibility index (Phi) is 6.41.